The molecule has 0 radical (unpaired) electrons. The second-order valence-corrected chi connectivity index (χ2v) is 8.08. The monoisotopic (exact) mass is 371 g/mol. The van der Waals surface area contributed by atoms with Gasteiger partial charge >= 0.3 is 0 Å². The molecule has 0 fully saturated rings. The van der Waals surface area contributed by atoms with Gasteiger partial charge in [-0.05, 0) is 44.0 Å². The van der Waals surface area contributed by atoms with Gasteiger partial charge in [0.2, 0.25) is 0 Å². The van der Waals surface area contributed by atoms with Crippen molar-refractivity contribution in [1.82, 2.24) is 4.90 Å². The lowest BCUT2D eigenvalue weighted by molar-refractivity contribution is 0.200. The number of hydrogen-bond acceptors (Lipinski definition) is 1. The third-order valence-electron chi connectivity index (χ3n) is 5.81. The van der Waals surface area contributed by atoms with Crippen molar-refractivity contribution < 1.29 is 0 Å². The Morgan fingerprint density at radius 3 is 1.78 bits per heavy atom. The minimum atomic E-state index is 0.477. The predicted molar refractivity (Wildman–Crippen MR) is 123 cm³/mol. The summed E-state index contributed by atoms with van der Waals surface area (Å²) in [4.78, 5) is 2.72. The molecule has 1 aromatic carbocycles. The largest absolute Gasteiger partial charge is 0.297 e. The molecule has 0 aliphatic heterocycles. The smallest absolute Gasteiger partial charge is 0.0325 e. The molecule has 0 aliphatic carbocycles. The van der Waals surface area contributed by atoms with Crippen LogP contribution in [0.4, 0.5) is 0 Å². The quantitative estimate of drug-likeness (QED) is 0.248. The molecular weight excluding hydrogens is 326 g/mol. The first kappa shape index (κ1) is 24.0. The third-order valence-corrected chi connectivity index (χ3v) is 5.81. The lowest BCUT2D eigenvalue weighted by Gasteiger charge is -2.30. The molecule has 0 amide bonds. The number of unbranched alkanes of at least 4 members (excludes halogenated alkanes) is 10. The average molecular weight is 372 g/mol. The fourth-order valence-electron chi connectivity index (χ4n) is 3.96. The van der Waals surface area contributed by atoms with Crippen molar-refractivity contribution >= 4 is 6.08 Å². The van der Waals surface area contributed by atoms with E-state index in [4.69, 9.17) is 0 Å². The van der Waals surface area contributed by atoms with Crippen molar-refractivity contribution in [3.05, 3.63) is 42.0 Å². The highest BCUT2D eigenvalue weighted by Crippen LogP contribution is 2.26. The van der Waals surface area contributed by atoms with Crippen molar-refractivity contribution in [3.8, 4) is 0 Å². The normalized spacial score (nSPS) is 12.4. The van der Waals surface area contributed by atoms with E-state index in [1.807, 2.05) is 6.08 Å². The van der Waals surface area contributed by atoms with Crippen LogP contribution in [0.25, 0.3) is 6.08 Å². The summed E-state index contributed by atoms with van der Waals surface area (Å²) >= 11 is 0. The van der Waals surface area contributed by atoms with Gasteiger partial charge < -0.3 is 0 Å². The molecule has 0 saturated heterocycles. The Kier molecular flexibility index (Phi) is 14.1. The van der Waals surface area contributed by atoms with E-state index in [1.165, 1.54) is 101 Å². The Morgan fingerprint density at radius 1 is 0.778 bits per heavy atom. The third kappa shape index (κ3) is 10.1. The Bertz CT molecular complexity index is 463. The average Bonchev–Trinajstić information content (AvgIpc) is 2.70. The van der Waals surface area contributed by atoms with Gasteiger partial charge in [0, 0.05) is 6.04 Å². The van der Waals surface area contributed by atoms with Crippen LogP contribution in [0, 0.1) is 0 Å². The van der Waals surface area contributed by atoms with E-state index >= 15 is 0 Å². The van der Waals surface area contributed by atoms with Crippen LogP contribution in [0.2, 0.25) is 0 Å². The summed E-state index contributed by atoms with van der Waals surface area (Å²) in [6, 6.07) is 9.26. The molecule has 1 aromatic rings. The predicted octanol–water partition coefficient (Wildman–Crippen LogP) is 8.41. The molecule has 0 saturated carbocycles. The van der Waals surface area contributed by atoms with E-state index < -0.39 is 0 Å². The van der Waals surface area contributed by atoms with Crippen molar-refractivity contribution in [2.24, 2.45) is 0 Å². The van der Waals surface area contributed by atoms with Gasteiger partial charge in [-0.2, -0.15) is 0 Å². The number of benzene rings is 1. The first-order chi connectivity index (χ1) is 13.2. The first-order valence-electron chi connectivity index (χ1n) is 11.7. The second kappa shape index (κ2) is 15.9. The minimum Gasteiger partial charge on any atom is -0.297 e. The van der Waals surface area contributed by atoms with Crippen molar-refractivity contribution in [2.45, 2.75) is 104 Å². The minimum absolute atomic E-state index is 0.477. The van der Waals surface area contributed by atoms with Crippen molar-refractivity contribution in [1.29, 1.82) is 0 Å². The highest BCUT2D eigenvalue weighted by molar-refractivity contribution is 5.52. The maximum absolute atomic E-state index is 4.02. The zero-order valence-corrected chi connectivity index (χ0v) is 18.5. The van der Waals surface area contributed by atoms with E-state index in [0.29, 0.717) is 6.04 Å². The van der Waals surface area contributed by atoms with Gasteiger partial charge in [-0.1, -0.05) is 115 Å². The van der Waals surface area contributed by atoms with E-state index in [-0.39, 0.29) is 0 Å². The molecule has 0 bridgehead atoms. The van der Waals surface area contributed by atoms with Gasteiger partial charge in [0.1, 0.15) is 0 Å². The molecule has 0 aromatic heterocycles. The molecule has 1 rings (SSSR count). The zero-order chi connectivity index (χ0) is 19.7. The van der Waals surface area contributed by atoms with E-state index in [2.05, 4.69) is 56.5 Å². The molecule has 0 spiro atoms. The molecule has 0 aliphatic rings. The molecule has 154 valence electrons. The van der Waals surface area contributed by atoms with Crippen molar-refractivity contribution in [2.75, 3.05) is 13.1 Å². The summed E-state index contributed by atoms with van der Waals surface area (Å²) in [5, 5.41) is 0. The second-order valence-electron chi connectivity index (χ2n) is 8.08. The first-order valence-corrected chi connectivity index (χ1v) is 11.7. The Morgan fingerprint density at radius 2 is 1.26 bits per heavy atom. The summed E-state index contributed by atoms with van der Waals surface area (Å²) < 4.78 is 0. The molecule has 1 atom stereocenters. The molecule has 1 nitrogen and oxygen atoms in total. The Hall–Kier alpha value is -1.08. The van der Waals surface area contributed by atoms with Crippen LogP contribution in [0.3, 0.4) is 0 Å². The van der Waals surface area contributed by atoms with Gasteiger partial charge in [-0.15, -0.1) is 0 Å². The van der Waals surface area contributed by atoms with Crippen LogP contribution in [0.5, 0.6) is 0 Å². The summed E-state index contributed by atoms with van der Waals surface area (Å²) in [7, 11) is 0. The fourth-order valence-corrected chi connectivity index (χ4v) is 3.96. The van der Waals surface area contributed by atoms with Crippen LogP contribution in [-0.2, 0) is 0 Å². The fraction of sp³-hybridized carbons (Fsp3) is 0.692. The van der Waals surface area contributed by atoms with Gasteiger partial charge in [0.05, 0.1) is 0 Å². The van der Waals surface area contributed by atoms with Crippen LogP contribution in [0.1, 0.15) is 115 Å². The molecule has 1 heteroatoms. The molecule has 0 N–H and O–H groups in total. The van der Waals surface area contributed by atoms with E-state index in [1.54, 1.807) is 0 Å². The van der Waals surface area contributed by atoms with Crippen LogP contribution in [0.15, 0.2) is 30.8 Å². The zero-order valence-electron chi connectivity index (χ0n) is 18.5. The lowest BCUT2D eigenvalue weighted by Crippen LogP contribution is -2.29. The number of nitrogens with zero attached hydrogens (tertiary/aromatic N) is 1. The number of rotatable bonds is 17. The summed E-state index contributed by atoms with van der Waals surface area (Å²) in [6.07, 6.45) is 18.5. The van der Waals surface area contributed by atoms with E-state index in [9.17, 15) is 0 Å². The van der Waals surface area contributed by atoms with E-state index in [0.717, 1.165) is 0 Å². The Labute approximate surface area is 170 Å². The molecule has 0 heterocycles. The summed E-state index contributed by atoms with van der Waals surface area (Å²) in [5.41, 5.74) is 2.73. The van der Waals surface area contributed by atoms with Crippen LogP contribution in [-0.4, -0.2) is 18.0 Å². The molecule has 27 heavy (non-hydrogen) atoms. The summed E-state index contributed by atoms with van der Waals surface area (Å²) in [5.74, 6) is 0. The van der Waals surface area contributed by atoms with Gasteiger partial charge in [0.25, 0.3) is 0 Å². The SMILES string of the molecule is C=Cc1ccccc1C(C)N(CCCCCCCC)CCCCCCCC. The van der Waals surface area contributed by atoms with Gasteiger partial charge in [0.15, 0.2) is 0 Å². The highest BCUT2D eigenvalue weighted by Gasteiger charge is 2.17. The van der Waals surface area contributed by atoms with Crippen LogP contribution >= 0.6 is 0 Å². The maximum atomic E-state index is 4.02. The maximum Gasteiger partial charge on any atom is 0.0325 e. The standard InChI is InChI=1S/C26H45N/c1-5-8-10-12-14-18-22-27(23-19-15-13-11-9-6-2)24(4)26-21-17-16-20-25(26)7-3/h7,16-17,20-21,24H,3,5-6,8-15,18-19,22-23H2,1-2,4H3. The molecule has 1 unspecified atom stereocenters. The molecular formula is C26H45N. The Balaban J connectivity index is 2.55. The van der Waals surface area contributed by atoms with Gasteiger partial charge in [-0.25, -0.2) is 0 Å². The van der Waals surface area contributed by atoms with Crippen LogP contribution < -0.4 is 0 Å². The lowest BCUT2D eigenvalue weighted by atomic mass is 9.99. The number of hydrogen-bond donors (Lipinski definition) is 0. The topological polar surface area (TPSA) is 3.24 Å². The summed E-state index contributed by atoms with van der Waals surface area (Å²) in [6.45, 7) is 13.5. The highest BCUT2D eigenvalue weighted by atomic mass is 15.1. The van der Waals surface area contributed by atoms with Crippen molar-refractivity contribution in [3.63, 3.8) is 0 Å². The van der Waals surface area contributed by atoms with Gasteiger partial charge in [-0.3, -0.25) is 4.90 Å².